The van der Waals surface area contributed by atoms with Crippen molar-refractivity contribution >= 4 is 11.0 Å². The molecule has 1 aromatic heterocycles. The number of fused-ring (bicyclic) bond motifs is 1. The second kappa shape index (κ2) is 2.35. The fourth-order valence-corrected chi connectivity index (χ4v) is 1.05. The lowest BCUT2D eigenvalue weighted by molar-refractivity contribution is 0.629. The van der Waals surface area contributed by atoms with Gasteiger partial charge in [0, 0.05) is 0 Å². The third-order valence-corrected chi connectivity index (χ3v) is 1.58. The van der Waals surface area contributed by atoms with Gasteiger partial charge in [0.1, 0.15) is 5.82 Å². The van der Waals surface area contributed by atoms with E-state index in [0.29, 0.717) is 16.9 Å². The smallest absolute Gasteiger partial charge is 0.183 e. The average Bonchev–Trinajstić information content (AvgIpc) is 2.46. The van der Waals surface area contributed by atoms with E-state index in [1.165, 1.54) is 12.1 Å². The number of H-pyrrole nitrogens is 1. The molecule has 0 aliphatic rings. The van der Waals surface area contributed by atoms with E-state index < -0.39 is 0 Å². The zero-order chi connectivity index (χ0) is 8.55. The number of aromatic amines is 1. The Morgan fingerprint density at radius 1 is 1.50 bits per heavy atom. The Bertz CT molecular complexity index is 465. The molecule has 12 heavy (non-hydrogen) atoms. The number of benzene rings is 1. The third kappa shape index (κ3) is 0.940. The van der Waals surface area contributed by atoms with Crippen molar-refractivity contribution in [3.63, 3.8) is 0 Å². The predicted molar refractivity (Wildman–Crippen MR) is 44.0 cm³/mol. The zero-order valence-corrected chi connectivity index (χ0v) is 6.13. The van der Waals surface area contributed by atoms with Crippen LogP contribution >= 0.6 is 0 Å². The van der Waals surface area contributed by atoms with Crippen LogP contribution in [0.2, 0.25) is 0 Å². The lowest BCUT2D eigenvalue weighted by atomic mass is 10.3. The molecule has 0 radical (unpaired) electrons. The number of imidazole rings is 1. The maximum absolute atomic E-state index is 12.7. The number of halogens is 1. The Balaban J connectivity index is 2.77. The number of hydrogen-bond acceptors (Lipinski definition) is 1. The van der Waals surface area contributed by atoms with E-state index >= 15 is 0 Å². The van der Waals surface area contributed by atoms with E-state index in [4.69, 9.17) is 6.42 Å². The first-order chi connectivity index (χ1) is 5.79. The summed E-state index contributed by atoms with van der Waals surface area (Å²) in [5.41, 5.74) is 1.31. The molecule has 0 aliphatic carbocycles. The van der Waals surface area contributed by atoms with Crippen LogP contribution in [0.5, 0.6) is 0 Å². The maximum Gasteiger partial charge on any atom is 0.183 e. The molecular weight excluding hydrogens is 155 g/mol. The normalized spacial score (nSPS) is 10.0. The number of rotatable bonds is 0. The van der Waals surface area contributed by atoms with Gasteiger partial charge in [-0.15, -0.1) is 6.42 Å². The molecule has 0 saturated carbocycles. The molecule has 0 fully saturated rings. The Morgan fingerprint density at radius 3 is 3.08 bits per heavy atom. The number of nitrogens with zero attached hydrogens (tertiary/aromatic N) is 1. The van der Waals surface area contributed by atoms with Crippen LogP contribution in [0.3, 0.4) is 0 Å². The van der Waals surface area contributed by atoms with E-state index in [1.54, 1.807) is 6.07 Å². The second-order valence-electron chi connectivity index (χ2n) is 2.39. The summed E-state index contributed by atoms with van der Waals surface area (Å²) in [6.07, 6.45) is 5.11. The van der Waals surface area contributed by atoms with Crippen LogP contribution < -0.4 is 0 Å². The molecule has 0 spiro atoms. The first-order valence-electron chi connectivity index (χ1n) is 3.41. The summed E-state index contributed by atoms with van der Waals surface area (Å²) in [6.45, 7) is 0. The van der Waals surface area contributed by atoms with E-state index in [2.05, 4.69) is 15.9 Å². The van der Waals surface area contributed by atoms with Gasteiger partial charge in [0.2, 0.25) is 0 Å². The highest BCUT2D eigenvalue weighted by molar-refractivity contribution is 5.75. The van der Waals surface area contributed by atoms with E-state index in [0.717, 1.165) is 0 Å². The molecule has 0 amide bonds. The van der Waals surface area contributed by atoms with Gasteiger partial charge in [-0.05, 0) is 24.1 Å². The summed E-state index contributed by atoms with van der Waals surface area (Å²) in [5, 5.41) is 0. The molecule has 2 aromatic rings. The molecule has 1 heterocycles. The predicted octanol–water partition coefficient (Wildman–Crippen LogP) is 1.68. The summed E-state index contributed by atoms with van der Waals surface area (Å²) in [5.74, 6) is 2.48. The van der Waals surface area contributed by atoms with E-state index in [1.807, 2.05) is 0 Å². The van der Waals surface area contributed by atoms with Crippen LogP contribution in [-0.4, -0.2) is 9.97 Å². The minimum atomic E-state index is -0.297. The van der Waals surface area contributed by atoms with Crippen LogP contribution in [0.25, 0.3) is 11.0 Å². The van der Waals surface area contributed by atoms with Crippen molar-refractivity contribution in [2.45, 2.75) is 0 Å². The summed E-state index contributed by atoms with van der Waals surface area (Å²) >= 11 is 0. The van der Waals surface area contributed by atoms with Crippen LogP contribution in [0, 0.1) is 18.2 Å². The van der Waals surface area contributed by atoms with Gasteiger partial charge in [-0.3, -0.25) is 0 Å². The Morgan fingerprint density at radius 2 is 2.33 bits per heavy atom. The van der Waals surface area contributed by atoms with Gasteiger partial charge in [-0.1, -0.05) is 0 Å². The summed E-state index contributed by atoms with van der Waals surface area (Å²) < 4.78 is 12.7. The number of aromatic nitrogens is 2. The highest BCUT2D eigenvalue weighted by Gasteiger charge is 2.00. The summed E-state index contributed by atoms with van der Waals surface area (Å²) in [7, 11) is 0. The quantitative estimate of drug-likeness (QED) is 0.583. The summed E-state index contributed by atoms with van der Waals surface area (Å²) in [6, 6.07) is 4.30. The van der Waals surface area contributed by atoms with Crippen molar-refractivity contribution in [3.05, 3.63) is 29.8 Å². The molecule has 0 saturated heterocycles. The van der Waals surface area contributed by atoms with Crippen LogP contribution in [0.15, 0.2) is 18.2 Å². The number of terminal acetylenes is 1. The van der Waals surface area contributed by atoms with Gasteiger partial charge in [-0.2, -0.15) is 0 Å². The molecule has 0 aliphatic heterocycles. The van der Waals surface area contributed by atoms with Crippen molar-refractivity contribution in [1.29, 1.82) is 0 Å². The number of nitrogens with one attached hydrogen (secondary N) is 1. The monoisotopic (exact) mass is 160 g/mol. The lowest BCUT2D eigenvalue weighted by Crippen LogP contribution is -1.72. The zero-order valence-electron chi connectivity index (χ0n) is 6.13. The van der Waals surface area contributed by atoms with Crippen LogP contribution in [0.1, 0.15) is 5.82 Å². The fraction of sp³-hybridized carbons (Fsp3) is 0. The minimum absolute atomic E-state index is 0.297. The highest BCUT2D eigenvalue weighted by atomic mass is 19.1. The molecule has 0 atom stereocenters. The van der Waals surface area contributed by atoms with Gasteiger partial charge >= 0.3 is 0 Å². The summed E-state index contributed by atoms with van der Waals surface area (Å²) in [4.78, 5) is 6.81. The Hall–Kier alpha value is -1.82. The van der Waals surface area contributed by atoms with Crippen molar-refractivity contribution < 1.29 is 4.39 Å². The fourth-order valence-electron chi connectivity index (χ4n) is 1.05. The molecule has 58 valence electrons. The van der Waals surface area contributed by atoms with Gasteiger partial charge in [0.05, 0.1) is 11.0 Å². The first kappa shape index (κ1) is 6.86. The van der Waals surface area contributed by atoms with Gasteiger partial charge in [-0.25, -0.2) is 9.37 Å². The minimum Gasteiger partial charge on any atom is -0.331 e. The molecule has 2 rings (SSSR count). The molecule has 2 nitrogen and oxygen atoms in total. The van der Waals surface area contributed by atoms with Crippen LogP contribution in [-0.2, 0) is 0 Å². The Labute approximate surface area is 68.4 Å². The molecule has 1 N–H and O–H groups in total. The molecular formula is C9H5FN2. The topological polar surface area (TPSA) is 28.7 Å². The van der Waals surface area contributed by atoms with Crippen molar-refractivity contribution in [2.75, 3.05) is 0 Å². The van der Waals surface area contributed by atoms with Crippen molar-refractivity contribution in [3.8, 4) is 12.3 Å². The van der Waals surface area contributed by atoms with E-state index in [9.17, 15) is 4.39 Å². The molecule has 0 unspecified atom stereocenters. The first-order valence-corrected chi connectivity index (χ1v) is 3.41. The van der Waals surface area contributed by atoms with Crippen LogP contribution in [0.4, 0.5) is 4.39 Å². The number of hydrogen-bond donors (Lipinski definition) is 1. The average molecular weight is 160 g/mol. The van der Waals surface area contributed by atoms with Crippen molar-refractivity contribution in [2.24, 2.45) is 0 Å². The van der Waals surface area contributed by atoms with Gasteiger partial charge < -0.3 is 4.98 Å². The largest absolute Gasteiger partial charge is 0.331 e. The van der Waals surface area contributed by atoms with Gasteiger partial charge in [0.15, 0.2) is 5.82 Å². The van der Waals surface area contributed by atoms with Crippen molar-refractivity contribution in [1.82, 2.24) is 9.97 Å². The molecule has 0 bridgehead atoms. The Kier molecular flexibility index (Phi) is 1.34. The van der Waals surface area contributed by atoms with E-state index in [-0.39, 0.29) is 5.82 Å². The SMILES string of the molecule is C#Cc1nc2ccc(F)cc2[nH]1. The molecule has 1 aromatic carbocycles. The second-order valence-corrected chi connectivity index (χ2v) is 2.39. The molecule has 3 heteroatoms. The third-order valence-electron chi connectivity index (χ3n) is 1.58. The highest BCUT2D eigenvalue weighted by Crippen LogP contribution is 2.11. The standard InChI is InChI=1S/C9H5FN2/c1-2-9-11-7-4-3-6(10)5-8(7)12-9/h1,3-5H,(H,11,12). The van der Waals surface area contributed by atoms with Gasteiger partial charge in [0.25, 0.3) is 0 Å². The maximum atomic E-state index is 12.7. The lowest BCUT2D eigenvalue weighted by Gasteiger charge is -1.85.